The number of furan rings is 1. The molecule has 1 fully saturated rings. The molecule has 1 amide bonds. The van der Waals surface area contributed by atoms with Gasteiger partial charge in [0.25, 0.3) is 5.91 Å². The van der Waals surface area contributed by atoms with Gasteiger partial charge in [-0.15, -0.1) is 0 Å². The normalized spacial score (nSPS) is 15.9. The van der Waals surface area contributed by atoms with Crippen molar-refractivity contribution in [3.63, 3.8) is 0 Å². The van der Waals surface area contributed by atoms with Crippen LogP contribution in [0.2, 0.25) is 0 Å². The Morgan fingerprint density at radius 1 is 1.13 bits per heavy atom. The maximum absolute atomic E-state index is 14.2. The van der Waals surface area contributed by atoms with Gasteiger partial charge in [-0.2, -0.15) is 18.2 Å². The van der Waals surface area contributed by atoms with Crippen molar-refractivity contribution in [2.45, 2.75) is 31.9 Å². The number of benzene rings is 1. The molecule has 4 aromatic heterocycles. The topological polar surface area (TPSA) is 89.7 Å². The van der Waals surface area contributed by atoms with Crippen LogP contribution in [-0.2, 0) is 12.6 Å². The van der Waals surface area contributed by atoms with Gasteiger partial charge in [0, 0.05) is 36.3 Å². The van der Waals surface area contributed by atoms with E-state index in [4.69, 9.17) is 8.94 Å². The lowest BCUT2D eigenvalue weighted by Crippen LogP contribution is -2.29. The molecule has 1 aliphatic rings. The second kappa shape index (κ2) is 9.37. The molecule has 8 nitrogen and oxygen atoms in total. The Morgan fingerprint density at radius 3 is 2.59 bits per heavy atom. The van der Waals surface area contributed by atoms with Crippen molar-refractivity contribution in [1.29, 1.82) is 0 Å². The third-order valence-corrected chi connectivity index (χ3v) is 6.89. The largest absolute Gasteiger partial charge is 0.472 e. The van der Waals surface area contributed by atoms with Crippen LogP contribution >= 0.6 is 0 Å². The van der Waals surface area contributed by atoms with Gasteiger partial charge in [-0.05, 0) is 43.2 Å². The number of carbonyl (C=O) groups excluding carboxylic acids is 1. The minimum atomic E-state index is -4.74. The quantitative estimate of drug-likeness (QED) is 0.268. The van der Waals surface area contributed by atoms with Crippen molar-refractivity contribution < 1.29 is 31.3 Å². The van der Waals surface area contributed by atoms with E-state index in [2.05, 4.69) is 15.1 Å². The van der Waals surface area contributed by atoms with Gasteiger partial charge >= 0.3 is 6.18 Å². The Labute approximate surface area is 218 Å². The predicted octanol–water partition coefficient (Wildman–Crippen LogP) is 5.66. The van der Waals surface area contributed by atoms with Gasteiger partial charge in [0.15, 0.2) is 11.5 Å². The standard InChI is InChI=1S/C27H21F4N5O3/c1-15-32-23(39-34-15)11-22-24(26(37)35-8-6-17(12-35)16-2-4-20(28)5-3-16)33-25-21(27(29,30)31)10-19(13-36(22)25)18-7-9-38-14-18/h2-5,7,9-10,13-14,17H,6,8,11-12H2,1H3. The van der Waals surface area contributed by atoms with E-state index in [1.807, 2.05) is 0 Å². The number of rotatable bonds is 5. The van der Waals surface area contributed by atoms with Gasteiger partial charge in [0.05, 0.1) is 30.2 Å². The van der Waals surface area contributed by atoms with Crippen molar-refractivity contribution >= 4 is 11.6 Å². The maximum Gasteiger partial charge on any atom is 0.420 e. The molecule has 1 saturated heterocycles. The highest BCUT2D eigenvalue weighted by Gasteiger charge is 2.38. The number of halogens is 4. The summed E-state index contributed by atoms with van der Waals surface area (Å²) in [5.74, 6) is -0.412. The molecule has 39 heavy (non-hydrogen) atoms. The monoisotopic (exact) mass is 539 g/mol. The third kappa shape index (κ3) is 4.66. The van der Waals surface area contributed by atoms with E-state index in [9.17, 15) is 22.4 Å². The highest BCUT2D eigenvalue weighted by atomic mass is 19.4. The first-order chi connectivity index (χ1) is 18.7. The van der Waals surface area contributed by atoms with Gasteiger partial charge in [0.2, 0.25) is 5.89 Å². The fourth-order valence-corrected chi connectivity index (χ4v) is 4.98. The summed E-state index contributed by atoms with van der Waals surface area (Å²) in [6.07, 6.45) is -0.0326. The average Bonchev–Trinajstić information content (AvgIpc) is 3.71. The number of nitrogens with zero attached hydrogens (tertiary/aromatic N) is 5. The third-order valence-electron chi connectivity index (χ3n) is 6.89. The molecular weight excluding hydrogens is 518 g/mol. The van der Waals surface area contributed by atoms with E-state index in [1.165, 1.54) is 35.3 Å². The van der Waals surface area contributed by atoms with Crippen LogP contribution in [0.15, 0.2) is 64.1 Å². The van der Waals surface area contributed by atoms with Crippen molar-refractivity contribution in [3.8, 4) is 11.1 Å². The lowest BCUT2D eigenvalue weighted by Gasteiger charge is -2.16. The van der Waals surface area contributed by atoms with Crippen molar-refractivity contribution in [3.05, 3.63) is 95.2 Å². The number of amides is 1. The molecule has 0 bridgehead atoms. The number of pyridine rings is 1. The molecule has 0 saturated carbocycles. The van der Waals surface area contributed by atoms with Crippen molar-refractivity contribution in [2.75, 3.05) is 13.1 Å². The highest BCUT2D eigenvalue weighted by molar-refractivity contribution is 5.95. The summed E-state index contributed by atoms with van der Waals surface area (Å²) in [5.41, 5.74) is 0.228. The number of aryl methyl sites for hydroxylation is 1. The van der Waals surface area contributed by atoms with Gasteiger partial charge < -0.3 is 18.2 Å². The molecule has 5 heterocycles. The molecule has 0 aliphatic carbocycles. The van der Waals surface area contributed by atoms with Crippen LogP contribution in [-0.4, -0.2) is 43.4 Å². The molecule has 1 unspecified atom stereocenters. The molecule has 12 heteroatoms. The van der Waals surface area contributed by atoms with E-state index < -0.39 is 23.3 Å². The van der Waals surface area contributed by atoms with Crippen LogP contribution in [0.1, 0.15) is 51.4 Å². The lowest BCUT2D eigenvalue weighted by atomic mass is 9.99. The van der Waals surface area contributed by atoms with Gasteiger partial charge in [-0.1, -0.05) is 17.3 Å². The molecule has 200 valence electrons. The highest BCUT2D eigenvalue weighted by Crippen LogP contribution is 2.37. The first kappa shape index (κ1) is 24.8. The summed E-state index contributed by atoms with van der Waals surface area (Å²) < 4.78 is 67.7. The SMILES string of the molecule is Cc1noc(Cc2c(C(=O)N3CCC(c4ccc(F)cc4)C3)nc3c(C(F)(F)F)cc(-c4ccoc4)cn23)n1. The van der Waals surface area contributed by atoms with Gasteiger partial charge in [-0.25, -0.2) is 9.37 Å². The molecule has 1 aliphatic heterocycles. The zero-order valence-electron chi connectivity index (χ0n) is 20.6. The van der Waals surface area contributed by atoms with Crippen LogP contribution < -0.4 is 0 Å². The Morgan fingerprint density at radius 2 is 1.92 bits per heavy atom. The Hall–Kier alpha value is -4.48. The number of carbonyl (C=O) groups is 1. The molecule has 6 rings (SSSR count). The number of alkyl halides is 3. The summed E-state index contributed by atoms with van der Waals surface area (Å²) in [6, 6.07) is 8.61. The molecular formula is C27H21F4N5O3. The molecule has 5 aromatic rings. The van der Waals surface area contributed by atoms with E-state index in [0.29, 0.717) is 30.9 Å². The predicted molar refractivity (Wildman–Crippen MR) is 129 cm³/mol. The smallest absolute Gasteiger partial charge is 0.420 e. The lowest BCUT2D eigenvalue weighted by molar-refractivity contribution is -0.136. The van der Waals surface area contributed by atoms with E-state index in [0.717, 1.165) is 11.6 Å². The van der Waals surface area contributed by atoms with Crippen LogP contribution in [0.5, 0.6) is 0 Å². The Kier molecular flexibility index (Phi) is 5.96. The van der Waals surface area contributed by atoms with Crippen molar-refractivity contribution in [2.24, 2.45) is 0 Å². The molecule has 0 N–H and O–H groups in total. The van der Waals surface area contributed by atoms with E-state index >= 15 is 0 Å². The molecule has 1 aromatic carbocycles. The first-order valence-electron chi connectivity index (χ1n) is 12.2. The minimum absolute atomic E-state index is 0.0351. The average molecular weight is 539 g/mol. The summed E-state index contributed by atoms with van der Waals surface area (Å²) >= 11 is 0. The summed E-state index contributed by atoms with van der Waals surface area (Å²) in [6.45, 7) is 2.32. The molecule has 0 spiro atoms. The summed E-state index contributed by atoms with van der Waals surface area (Å²) in [7, 11) is 0. The molecule has 0 radical (unpaired) electrons. The number of fused-ring (bicyclic) bond motifs is 1. The van der Waals surface area contributed by atoms with Crippen LogP contribution in [0, 0.1) is 12.7 Å². The second-order valence-electron chi connectivity index (χ2n) is 9.45. The fraction of sp³-hybridized carbons (Fsp3) is 0.259. The number of imidazole rings is 1. The fourth-order valence-electron chi connectivity index (χ4n) is 4.98. The number of aromatic nitrogens is 4. The second-order valence-corrected chi connectivity index (χ2v) is 9.45. The number of hydrogen-bond acceptors (Lipinski definition) is 6. The zero-order chi connectivity index (χ0) is 27.3. The maximum atomic E-state index is 14.2. The van der Waals surface area contributed by atoms with Crippen LogP contribution in [0.4, 0.5) is 17.6 Å². The number of likely N-dealkylation sites (tertiary alicyclic amines) is 1. The van der Waals surface area contributed by atoms with Gasteiger partial charge in [-0.3, -0.25) is 4.79 Å². The van der Waals surface area contributed by atoms with Crippen molar-refractivity contribution in [1.82, 2.24) is 24.4 Å². The first-order valence-corrected chi connectivity index (χ1v) is 12.2. The van der Waals surface area contributed by atoms with E-state index in [-0.39, 0.29) is 41.0 Å². The zero-order valence-corrected chi connectivity index (χ0v) is 20.6. The Balaban J connectivity index is 1.46. The molecule has 1 atom stereocenters. The van der Waals surface area contributed by atoms with Crippen LogP contribution in [0.3, 0.4) is 0 Å². The number of hydrogen-bond donors (Lipinski definition) is 0. The Bertz CT molecular complexity index is 1660. The van der Waals surface area contributed by atoms with Crippen LogP contribution in [0.25, 0.3) is 16.8 Å². The summed E-state index contributed by atoms with van der Waals surface area (Å²) in [5, 5.41) is 3.76. The minimum Gasteiger partial charge on any atom is -0.472 e. The van der Waals surface area contributed by atoms with Gasteiger partial charge in [0.1, 0.15) is 11.5 Å². The summed E-state index contributed by atoms with van der Waals surface area (Å²) in [4.78, 5) is 23.8. The van der Waals surface area contributed by atoms with E-state index in [1.54, 1.807) is 30.0 Å².